The standard InChI is InChI=1S/C19H18N4O4S2/c24-17(22-19-21-14-8-4-5-9-16(14)28-19)12-15-18(25)20-10-11-23(15)29(26,27)13-6-2-1-3-7-13/h1-9,15H,10-12H2,(H,20,25)(H,21,22,24)/t15-/m0/s1. The van der Waals surface area contributed by atoms with Gasteiger partial charge >= 0.3 is 0 Å². The molecule has 0 spiro atoms. The number of amides is 2. The van der Waals surface area contributed by atoms with Gasteiger partial charge in [0.1, 0.15) is 6.04 Å². The topological polar surface area (TPSA) is 108 Å². The van der Waals surface area contributed by atoms with Crippen molar-refractivity contribution in [3.8, 4) is 0 Å². The third kappa shape index (κ3) is 4.00. The van der Waals surface area contributed by atoms with Gasteiger partial charge in [-0.05, 0) is 24.3 Å². The van der Waals surface area contributed by atoms with E-state index in [-0.39, 0.29) is 24.4 Å². The lowest BCUT2D eigenvalue weighted by molar-refractivity contribution is -0.130. The number of benzene rings is 2. The molecule has 29 heavy (non-hydrogen) atoms. The van der Waals surface area contributed by atoms with Gasteiger partial charge in [0.15, 0.2) is 5.13 Å². The molecule has 1 saturated heterocycles. The summed E-state index contributed by atoms with van der Waals surface area (Å²) >= 11 is 1.32. The number of hydrogen-bond donors (Lipinski definition) is 2. The van der Waals surface area contributed by atoms with E-state index in [9.17, 15) is 18.0 Å². The van der Waals surface area contributed by atoms with E-state index in [1.807, 2.05) is 24.3 Å². The first-order valence-corrected chi connectivity index (χ1v) is 11.2. The molecule has 1 atom stereocenters. The molecule has 150 valence electrons. The fraction of sp³-hybridized carbons (Fsp3) is 0.211. The highest BCUT2D eigenvalue weighted by Gasteiger charge is 2.39. The molecule has 2 amide bonds. The maximum absolute atomic E-state index is 13.0. The molecular formula is C19H18N4O4S2. The summed E-state index contributed by atoms with van der Waals surface area (Å²) in [5, 5.41) is 5.72. The summed E-state index contributed by atoms with van der Waals surface area (Å²) in [6.07, 6.45) is -0.298. The Kier molecular flexibility index (Phi) is 5.31. The van der Waals surface area contributed by atoms with Crippen molar-refractivity contribution >= 4 is 48.5 Å². The number of carbonyl (C=O) groups is 2. The fourth-order valence-electron chi connectivity index (χ4n) is 3.18. The average molecular weight is 431 g/mol. The number of nitrogens with one attached hydrogen (secondary N) is 2. The van der Waals surface area contributed by atoms with Crippen LogP contribution in [0.2, 0.25) is 0 Å². The quantitative estimate of drug-likeness (QED) is 0.642. The molecule has 3 aromatic rings. The van der Waals surface area contributed by atoms with Crippen molar-refractivity contribution in [1.82, 2.24) is 14.6 Å². The first-order chi connectivity index (χ1) is 13.9. The van der Waals surface area contributed by atoms with Crippen molar-refractivity contribution < 1.29 is 18.0 Å². The number of rotatable bonds is 5. The van der Waals surface area contributed by atoms with Gasteiger partial charge in [0, 0.05) is 13.1 Å². The van der Waals surface area contributed by atoms with Crippen molar-refractivity contribution in [2.75, 3.05) is 18.4 Å². The molecule has 1 fully saturated rings. The molecule has 1 aromatic heterocycles. The van der Waals surface area contributed by atoms with E-state index in [1.54, 1.807) is 18.2 Å². The highest BCUT2D eigenvalue weighted by Crippen LogP contribution is 2.26. The van der Waals surface area contributed by atoms with Gasteiger partial charge in [-0.2, -0.15) is 4.31 Å². The van der Waals surface area contributed by atoms with Gasteiger partial charge in [-0.3, -0.25) is 9.59 Å². The van der Waals surface area contributed by atoms with Crippen LogP contribution in [0.5, 0.6) is 0 Å². The summed E-state index contributed by atoms with van der Waals surface area (Å²) < 4.78 is 28.0. The summed E-state index contributed by atoms with van der Waals surface area (Å²) in [4.78, 5) is 29.4. The van der Waals surface area contributed by atoms with Crippen molar-refractivity contribution in [2.45, 2.75) is 17.4 Å². The molecule has 1 aliphatic rings. The van der Waals surface area contributed by atoms with Gasteiger partial charge in [-0.1, -0.05) is 41.7 Å². The number of thiazole rings is 1. The smallest absolute Gasteiger partial charge is 0.243 e. The maximum Gasteiger partial charge on any atom is 0.243 e. The zero-order chi connectivity index (χ0) is 20.4. The largest absolute Gasteiger partial charge is 0.353 e. The SMILES string of the molecule is O=C(C[C@H]1C(=O)NCCN1S(=O)(=O)c1ccccc1)Nc1nc2ccccc2s1. The van der Waals surface area contributed by atoms with Gasteiger partial charge in [-0.25, -0.2) is 13.4 Å². The summed E-state index contributed by atoms with van der Waals surface area (Å²) in [7, 11) is -3.90. The summed E-state index contributed by atoms with van der Waals surface area (Å²) in [5.41, 5.74) is 0.761. The van der Waals surface area contributed by atoms with Gasteiger partial charge in [0.25, 0.3) is 0 Å². The van der Waals surface area contributed by atoms with Crippen LogP contribution in [0.25, 0.3) is 10.2 Å². The second kappa shape index (κ2) is 7.90. The zero-order valence-electron chi connectivity index (χ0n) is 15.2. The minimum atomic E-state index is -3.90. The molecule has 2 aromatic carbocycles. The van der Waals surface area contributed by atoms with Gasteiger partial charge in [-0.15, -0.1) is 0 Å². The Morgan fingerprint density at radius 2 is 1.90 bits per heavy atom. The molecule has 1 aliphatic heterocycles. The van der Waals surface area contributed by atoms with Gasteiger partial charge < -0.3 is 10.6 Å². The van der Waals surface area contributed by atoms with E-state index in [2.05, 4.69) is 15.6 Å². The van der Waals surface area contributed by atoms with E-state index in [1.165, 1.54) is 23.5 Å². The second-order valence-electron chi connectivity index (χ2n) is 6.47. The maximum atomic E-state index is 13.0. The third-order valence-corrected chi connectivity index (χ3v) is 7.42. The minimum absolute atomic E-state index is 0.0891. The number of carbonyl (C=O) groups excluding carboxylic acids is 2. The van der Waals surface area contributed by atoms with Crippen molar-refractivity contribution in [1.29, 1.82) is 0 Å². The molecule has 2 heterocycles. The van der Waals surface area contributed by atoms with Crippen LogP contribution in [-0.4, -0.2) is 48.7 Å². The van der Waals surface area contributed by atoms with Crippen LogP contribution < -0.4 is 10.6 Å². The van der Waals surface area contributed by atoms with Crippen LogP contribution in [0.3, 0.4) is 0 Å². The summed E-state index contributed by atoms with van der Waals surface area (Å²) in [6, 6.07) is 14.2. The number of nitrogens with zero attached hydrogens (tertiary/aromatic N) is 2. The highest BCUT2D eigenvalue weighted by atomic mass is 32.2. The first kappa shape index (κ1) is 19.5. The summed E-state index contributed by atoms with van der Waals surface area (Å²) in [6.45, 7) is 0.295. The lowest BCUT2D eigenvalue weighted by atomic mass is 10.1. The van der Waals surface area contributed by atoms with Crippen LogP contribution >= 0.6 is 11.3 Å². The normalized spacial score (nSPS) is 17.8. The molecule has 10 heteroatoms. The number of sulfonamides is 1. The first-order valence-electron chi connectivity index (χ1n) is 8.95. The number of fused-ring (bicyclic) bond motifs is 1. The highest BCUT2D eigenvalue weighted by molar-refractivity contribution is 7.89. The Morgan fingerprint density at radius 3 is 2.66 bits per heavy atom. The fourth-order valence-corrected chi connectivity index (χ4v) is 5.67. The van der Waals surface area contributed by atoms with Gasteiger partial charge in [0.2, 0.25) is 21.8 Å². The van der Waals surface area contributed by atoms with Crippen molar-refractivity contribution in [3.05, 3.63) is 54.6 Å². The van der Waals surface area contributed by atoms with Crippen LogP contribution in [0, 0.1) is 0 Å². The van der Waals surface area contributed by atoms with Crippen LogP contribution in [0.15, 0.2) is 59.5 Å². The lowest BCUT2D eigenvalue weighted by Gasteiger charge is -2.33. The average Bonchev–Trinajstić information content (AvgIpc) is 3.12. The zero-order valence-corrected chi connectivity index (χ0v) is 16.9. The Morgan fingerprint density at radius 1 is 1.17 bits per heavy atom. The number of para-hydroxylation sites is 1. The second-order valence-corrected chi connectivity index (χ2v) is 9.40. The Bertz CT molecular complexity index is 1130. The minimum Gasteiger partial charge on any atom is -0.353 e. The molecular weight excluding hydrogens is 412 g/mol. The Labute approximate surface area is 171 Å². The van der Waals surface area contributed by atoms with E-state index < -0.39 is 27.9 Å². The van der Waals surface area contributed by atoms with E-state index >= 15 is 0 Å². The van der Waals surface area contributed by atoms with E-state index in [0.29, 0.717) is 5.13 Å². The van der Waals surface area contributed by atoms with Crippen LogP contribution in [0.1, 0.15) is 6.42 Å². The van der Waals surface area contributed by atoms with E-state index in [0.717, 1.165) is 14.5 Å². The lowest BCUT2D eigenvalue weighted by Crippen LogP contribution is -2.57. The molecule has 0 unspecified atom stereocenters. The Balaban J connectivity index is 1.54. The van der Waals surface area contributed by atoms with Crippen LogP contribution in [-0.2, 0) is 19.6 Å². The molecule has 0 saturated carbocycles. The number of anilines is 1. The predicted molar refractivity (Wildman–Crippen MR) is 110 cm³/mol. The third-order valence-electron chi connectivity index (χ3n) is 4.55. The summed E-state index contributed by atoms with van der Waals surface area (Å²) in [5.74, 6) is -0.963. The van der Waals surface area contributed by atoms with Crippen molar-refractivity contribution in [2.24, 2.45) is 0 Å². The molecule has 2 N–H and O–H groups in total. The Hall–Kier alpha value is -2.82. The molecule has 8 nitrogen and oxygen atoms in total. The predicted octanol–water partition coefficient (Wildman–Crippen LogP) is 1.81. The molecule has 0 bridgehead atoms. The van der Waals surface area contributed by atoms with Gasteiger partial charge in [0.05, 0.1) is 21.5 Å². The van der Waals surface area contributed by atoms with Crippen LogP contribution in [0.4, 0.5) is 5.13 Å². The number of hydrogen-bond acceptors (Lipinski definition) is 6. The van der Waals surface area contributed by atoms with E-state index in [4.69, 9.17) is 0 Å². The molecule has 4 rings (SSSR count). The number of aromatic nitrogens is 1. The monoisotopic (exact) mass is 430 g/mol. The number of piperazine rings is 1. The molecule has 0 aliphatic carbocycles. The van der Waals surface area contributed by atoms with Crippen molar-refractivity contribution in [3.63, 3.8) is 0 Å². The molecule has 0 radical (unpaired) electrons.